The number of anilines is 1. The van der Waals surface area contributed by atoms with Gasteiger partial charge in [-0.1, -0.05) is 29.3 Å². The molecule has 1 aromatic heterocycles. The number of aromatic hydroxyl groups is 1. The Labute approximate surface area is 118 Å². The van der Waals surface area contributed by atoms with Crippen LogP contribution in [-0.4, -0.2) is 10.1 Å². The van der Waals surface area contributed by atoms with Crippen LogP contribution in [0.5, 0.6) is 5.75 Å². The number of hydrogen-bond acceptors (Lipinski definition) is 4. The quantitative estimate of drug-likeness (QED) is 0.524. The lowest BCUT2D eigenvalue weighted by Gasteiger charge is -2.02. The van der Waals surface area contributed by atoms with E-state index in [-0.39, 0.29) is 17.3 Å². The van der Waals surface area contributed by atoms with Crippen LogP contribution in [0.4, 0.5) is 5.69 Å². The first kappa shape index (κ1) is 12.1. The predicted molar refractivity (Wildman–Crippen MR) is 75.5 cm³/mol. The average molecular weight is 295 g/mol. The molecule has 0 bridgehead atoms. The number of hydrogen-bond donors (Lipinski definition) is 2. The summed E-state index contributed by atoms with van der Waals surface area (Å²) in [5.74, 6) is 0.167. The number of nitrogen functional groups attached to an aromatic ring is 1. The number of halogens is 2. The highest BCUT2D eigenvalue weighted by Gasteiger charge is 2.15. The number of phenolic OH excluding ortho intramolecular Hbond substituents is 1. The Balaban J connectivity index is 2.26. The zero-order chi connectivity index (χ0) is 13.6. The fraction of sp³-hybridized carbons (Fsp3) is 0. The molecule has 3 N–H and O–H groups in total. The van der Waals surface area contributed by atoms with E-state index in [4.69, 9.17) is 33.4 Å². The highest BCUT2D eigenvalue weighted by molar-refractivity contribution is 6.38. The normalized spacial score (nSPS) is 11.1. The van der Waals surface area contributed by atoms with E-state index in [0.29, 0.717) is 26.7 Å². The lowest BCUT2D eigenvalue weighted by molar-refractivity contribution is 0.476. The number of nitrogens with two attached hydrogens (primary N) is 1. The number of benzene rings is 2. The Bertz CT molecular complexity index is 784. The van der Waals surface area contributed by atoms with Crippen LogP contribution in [-0.2, 0) is 0 Å². The molecular formula is C13H8Cl2N2O2. The summed E-state index contributed by atoms with van der Waals surface area (Å²) in [7, 11) is 0. The van der Waals surface area contributed by atoms with Crippen LogP contribution in [0, 0.1) is 0 Å². The van der Waals surface area contributed by atoms with Gasteiger partial charge in [0.25, 0.3) is 0 Å². The highest BCUT2D eigenvalue weighted by atomic mass is 35.5. The molecule has 0 saturated heterocycles. The summed E-state index contributed by atoms with van der Waals surface area (Å²) in [5, 5.41) is 10.7. The molecule has 0 aliphatic carbocycles. The zero-order valence-electron chi connectivity index (χ0n) is 9.52. The summed E-state index contributed by atoms with van der Waals surface area (Å²) in [5.41, 5.74) is 7.24. The summed E-state index contributed by atoms with van der Waals surface area (Å²) >= 11 is 11.9. The first-order valence-electron chi connectivity index (χ1n) is 5.39. The van der Waals surface area contributed by atoms with E-state index < -0.39 is 0 Å². The van der Waals surface area contributed by atoms with Gasteiger partial charge in [0, 0.05) is 5.02 Å². The summed E-state index contributed by atoms with van der Waals surface area (Å²) in [4.78, 5) is 4.26. The summed E-state index contributed by atoms with van der Waals surface area (Å²) in [6, 6.07) is 8.16. The van der Waals surface area contributed by atoms with Gasteiger partial charge in [0.15, 0.2) is 11.3 Å². The molecule has 3 rings (SSSR count). The van der Waals surface area contributed by atoms with Crippen molar-refractivity contribution >= 4 is 40.0 Å². The Morgan fingerprint density at radius 3 is 2.79 bits per heavy atom. The molecule has 0 fully saturated rings. The second kappa shape index (κ2) is 4.33. The molecule has 0 atom stereocenters. The summed E-state index contributed by atoms with van der Waals surface area (Å²) < 4.78 is 5.56. The molecule has 96 valence electrons. The molecule has 19 heavy (non-hydrogen) atoms. The number of para-hydroxylation sites is 1. The van der Waals surface area contributed by atoms with Gasteiger partial charge in [0.1, 0.15) is 5.52 Å². The Morgan fingerprint density at radius 1 is 1.21 bits per heavy atom. The molecule has 0 saturated carbocycles. The molecule has 3 aromatic rings. The van der Waals surface area contributed by atoms with Crippen molar-refractivity contribution in [2.24, 2.45) is 0 Å². The molecule has 0 amide bonds. The molecule has 1 heterocycles. The van der Waals surface area contributed by atoms with Gasteiger partial charge in [-0.2, -0.15) is 0 Å². The smallest absolute Gasteiger partial charge is 0.231 e. The van der Waals surface area contributed by atoms with Crippen LogP contribution in [0.1, 0.15) is 0 Å². The Hall–Kier alpha value is -1.91. The fourth-order valence-corrected chi connectivity index (χ4v) is 2.33. The van der Waals surface area contributed by atoms with Crippen molar-refractivity contribution in [2.45, 2.75) is 0 Å². The topological polar surface area (TPSA) is 72.3 Å². The van der Waals surface area contributed by atoms with Crippen LogP contribution in [0.25, 0.3) is 22.6 Å². The minimum Gasteiger partial charge on any atom is -0.505 e. The Morgan fingerprint density at radius 2 is 2.00 bits per heavy atom. The van der Waals surface area contributed by atoms with Crippen molar-refractivity contribution in [2.75, 3.05) is 5.73 Å². The lowest BCUT2D eigenvalue weighted by Crippen LogP contribution is -1.87. The maximum Gasteiger partial charge on any atom is 0.231 e. The minimum atomic E-state index is -0.0729. The van der Waals surface area contributed by atoms with Crippen LogP contribution in [0.3, 0.4) is 0 Å². The minimum absolute atomic E-state index is 0.0729. The molecule has 0 radical (unpaired) electrons. The first-order chi connectivity index (χ1) is 9.06. The molecule has 4 nitrogen and oxygen atoms in total. The van der Waals surface area contributed by atoms with E-state index >= 15 is 0 Å². The van der Waals surface area contributed by atoms with Crippen molar-refractivity contribution in [3.05, 3.63) is 40.4 Å². The molecule has 0 unspecified atom stereocenters. The van der Waals surface area contributed by atoms with Gasteiger partial charge in [-0.15, -0.1) is 0 Å². The van der Waals surface area contributed by atoms with Crippen molar-refractivity contribution < 1.29 is 9.52 Å². The Kier molecular flexibility index (Phi) is 2.77. The average Bonchev–Trinajstić information content (AvgIpc) is 2.76. The first-order valence-corrected chi connectivity index (χ1v) is 6.15. The summed E-state index contributed by atoms with van der Waals surface area (Å²) in [6.45, 7) is 0. The van der Waals surface area contributed by atoms with E-state index in [1.807, 2.05) is 0 Å². The van der Waals surface area contributed by atoms with E-state index in [1.54, 1.807) is 30.3 Å². The van der Waals surface area contributed by atoms with Crippen molar-refractivity contribution in [3.8, 4) is 17.2 Å². The number of rotatable bonds is 1. The van der Waals surface area contributed by atoms with Gasteiger partial charge in [0.05, 0.1) is 16.3 Å². The second-order valence-corrected chi connectivity index (χ2v) is 4.84. The third kappa shape index (κ3) is 1.99. The van der Waals surface area contributed by atoms with E-state index in [1.165, 1.54) is 0 Å². The summed E-state index contributed by atoms with van der Waals surface area (Å²) in [6.07, 6.45) is 0. The van der Waals surface area contributed by atoms with E-state index in [9.17, 15) is 5.11 Å². The standard InChI is InChI=1S/C13H8Cl2N2O2/c14-6-4-8(15)12-10(5-6)17-13(19-12)7-2-1-3-9(16)11(7)18/h1-5,18H,16H2. The van der Waals surface area contributed by atoms with Gasteiger partial charge >= 0.3 is 0 Å². The van der Waals surface area contributed by atoms with E-state index in [0.717, 1.165) is 0 Å². The molecule has 0 aliphatic rings. The second-order valence-electron chi connectivity index (χ2n) is 4.00. The van der Waals surface area contributed by atoms with Crippen LogP contribution in [0.2, 0.25) is 10.0 Å². The molecular weight excluding hydrogens is 287 g/mol. The van der Waals surface area contributed by atoms with E-state index in [2.05, 4.69) is 4.98 Å². The number of fused-ring (bicyclic) bond motifs is 1. The largest absolute Gasteiger partial charge is 0.505 e. The highest BCUT2D eigenvalue weighted by Crippen LogP contribution is 2.37. The van der Waals surface area contributed by atoms with Gasteiger partial charge in [-0.3, -0.25) is 0 Å². The zero-order valence-corrected chi connectivity index (χ0v) is 11.0. The van der Waals surface area contributed by atoms with Crippen LogP contribution >= 0.6 is 23.2 Å². The molecule has 0 aliphatic heterocycles. The number of nitrogens with zero attached hydrogens (tertiary/aromatic N) is 1. The van der Waals surface area contributed by atoms with Crippen molar-refractivity contribution in [1.29, 1.82) is 0 Å². The molecule has 2 aromatic carbocycles. The fourth-order valence-electron chi connectivity index (χ4n) is 1.81. The maximum atomic E-state index is 9.92. The number of phenols is 1. The molecule has 6 heteroatoms. The van der Waals surface area contributed by atoms with Crippen molar-refractivity contribution in [1.82, 2.24) is 4.98 Å². The SMILES string of the molecule is Nc1cccc(-c2nc3cc(Cl)cc(Cl)c3o2)c1O. The number of oxazole rings is 1. The lowest BCUT2D eigenvalue weighted by atomic mass is 10.2. The van der Waals surface area contributed by atoms with Gasteiger partial charge in [-0.25, -0.2) is 4.98 Å². The van der Waals surface area contributed by atoms with Crippen LogP contribution in [0.15, 0.2) is 34.7 Å². The molecule has 0 spiro atoms. The monoisotopic (exact) mass is 294 g/mol. The maximum absolute atomic E-state index is 9.92. The third-order valence-electron chi connectivity index (χ3n) is 2.71. The third-order valence-corrected chi connectivity index (χ3v) is 3.21. The predicted octanol–water partition coefficient (Wildman–Crippen LogP) is 4.09. The number of aromatic nitrogens is 1. The van der Waals surface area contributed by atoms with Crippen molar-refractivity contribution in [3.63, 3.8) is 0 Å². The van der Waals surface area contributed by atoms with Gasteiger partial charge < -0.3 is 15.3 Å². The van der Waals surface area contributed by atoms with Crippen LogP contribution < -0.4 is 5.73 Å². The van der Waals surface area contributed by atoms with Gasteiger partial charge in [0.2, 0.25) is 5.89 Å². The van der Waals surface area contributed by atoms with Gasteiger partial charge in [-0.05, 0) is 24.3 Å².